The van der Waals surface area contributed by atoms with Crippen LogP contribution in [0.4, 0.5) is 0 Å². The predicted molar refractivity (Wildman–Crippen MR) is 101 cm³/mol. The number of amides is 1. The average molecular weight is 390 g/mol. The van der Waals surface area contributed by atoms with Crippen molar-refractivity contribution in [2.75, 3.05) is 0 Å². The summed E-state index contributed by atoms with van der Waals surface area (Å²) in [7, 11) is 0. The van der Waals surface area contributed by atoms with Gasteiger partial charge in [-0.05, 0) is 24.1 Å². The minimum atomic E-state index is -0.445. The largest absolute Gasteiger partial charge is 0.340 e. The fourth-order valence-corrected chi connectivity index (χ4v) is 2.97. The molecule has 1 heterocycles. The minimum Gasteiger partial charge on any atom is -0.340 e. The van der Waals surface area contributed by atoms with E-state index in [1.54, 1.807) is 12.1 Å². The zero-order valence-corrected chi connectivity index (χ0v) is 15.8. The number of hydrogen-bond acceptors (Lipinski definition) is 4. The number of rotatable bonds is 5. The van der Waals surface area contributed by atoms with Crippen LogP contribution >= 0.6 is 23.2 Å². The monoisotopic (exact) mass is 389 g/mol. The molecule has 2 aromatic carbocycles. The lowest BCUT2D eigenvalue weighted by atomic mass is 10.0. The van der Waals surface area contributed by atoms with Crippen LogP contribution in [-0.2, 0) is 0 Å². The summed E-state index contributed by atoms with van der Waals surface area (Å²) >= 11 is 12.0. The van der Waals surface area contributed by atoms with E-state index in [1.807, 2.05) is 44.2 Å². The molecule has 0 spiro atoms. The molecule has 134 valence electrons. The molecule has 7 heteroatoms. The van der Waals surface area contributed by atoms with Crippen molar-refractivity contribution >= 4 is 29.1 Å². The Kier molecular flexibility index (Phi) is 5.59. The van der Waals surface area contributed by atoms with Crippen LogP contribution in [0.25, 0.3) is 11.4 Å². The molecule has 0 bridgehead atoms. The summed E-state index contributed by atoms with van der Waals surface area (Å²) in [4.78, 5) is 17.1. The van der Waals surface area contributed by atoms with Crippen LogP contribution in [-0.4, -0.2) is 16.0 Å². The maximum absolute atomic E-state index is 12.6. The van der Waals surface area contributed by atoms with Crippen molar-refractivity contribution in [1.29, 1.82) is 0 Å². The van der Waals surface area contributed by atoms with Gasteiger partial charge >= 0.3 is 0 Å². The molecule has 26 heavy (non-hydrogen) atoms. The second-order valence-corrected chi connectivity index (χ2v) is 6.99. The van der Waals surface area contributed by atoms with E-state index in [0.717, 1.165) is 5.56 Å². The first-order chi connectivity index (χ1) is 12.5. The molecule has 0 radical (unpaired) electrons. The molecule has 3 aromatic rings. The van der Waals surface area contributed by atoms with Gasteiger partial charge in [-0.2, -0.15) is 4.98 Å². The van der Waals surface area contributed by atoms with Crippen LogP contribution in [0.2, 0.25) is 10.0 Å². The SMILES string of the molecule is CC(C)[C@H](NC(=O)c1ccc(Cl)cc1Cl)c1nc(-c2ccccc2)no1. The average Bonchev–Trinajstić information content (AvgIpc) is 3.09. The van der Waals surface area contributed by atoms with Crippen molar-refractivity contribution in [2.24, 2.45) is 5.92 Å². The summed E-state index contributed by atoms with van der Waals surface area (Å²) in [6, 6.07) is 13.8. The van der Waals surface area contributed by atoms with E-state index in [1.165, 1.54) is 6.07 Å². The van der Waals surface area contributed by atoms with Crippen molar-refractivity contribution in [3.63, 3.8) is 0 Å². The number of carbonyl (C=O) groups is 1. The van der Waals surface area contributed by atoms with Gasteiger partial charge in [0.05, 0.1) is 10.6 Å². The summed E-state index contributed by atoms with van der Waals surface area (Å²) in [6.07, 6.45) is 0. The lowest BCUT2D eigenvalue weighted by Gasteiger charge is -2.19. The highest BCUT2D eigenvalue weighted by molar-refractivity contribution is 6.36. The Labute approximate surface area is 161 Å². The van der Waals surface area contributed by atoms with Crippen molar-refractivity contribution in [1.82, 2.24) is 15.5 Å². The molecule has 0 unspecified atom stereocenters. The van der Waals surface area contributed by atoms with Gasteiger partial charge < -0.3 is 9.84 Å². The summed E-state index contributed by atoms with van der Waals surface area (Å²) in [6.45, 7) is 3.92. The highest BCUT2D eigenvalue weighted by Crippen LogP contribution is 2.26. The van der Waals surface area contributed by atoms with Gasteiger partial charge in [0.1, 0.15) is 6.04 Å². The zero-order valence-electron chi connectivity index (χ0n) is 14.2. The van der Waals surface area contributed by atoms with Gasteiger partial charge in [0, 0.05) is 10.6 Å². The Bertz CT molecular complexity index is 910. The fourth-order valence-electron chi connectivity index (χ4n) is 2.47. The van der Waals surface area contributed by atoms with Gasteiger partial charge in [-0.25, -0.2) is 0 Å². The molecule has 1 atom stereocenters. The third-order valence-electron chi connectivity index (χ3n) is 3.87. The number of benzene rings is 2. The number of aromatic nitrogens is 2. The van der Waals surface area contributed by atoms with Crippen molar-refractivity contribution in [3.8, 4) is 11.4 Å². The molecular weight excluding hydrogens is 373 g/mol. The Morgan fingerprint density at radius 1 is 1.12 bits per heavy atom. The van der Waals surface area contributed by atoms with Gasteiger partial charge in [-0.15, -0.1) is 0 Å². The standard InChI is InChI=1S/C19H17Cl2N3O2/c1-11(2)16(22-18(25)14-9-8-13(20)10-15(14)21)19-23-17(24-26-19)12-6-4-3-5-7-12/h3-11,16H,1-2H3,(H,22,25)/t16-/m0/s1. The second kappa shape index (κ2) is 7.89. The molecule has 0 saturated heterocycles. The number of hydrogen-bond donors (Lipinski definition) is 1. The smallest absolute Gasteiger partial charge is 0.253 e. The molecule has 0 fully saturated rings. The summed E-state index contributed by atoms with van der Waals surface area (Å²) < 4.78 is 5.40. The molecule has 1 aromatic heterocycles. The number of nitrogens with one attached hydrogen (secondary N) is 1. The van der Waals surface area contributed by atoms with Crippen molar-refractivity contribution in [2.45, 2.75) is 19.9 Å². The first-order valence-electron chi connectivity index (χ1n) is 8.10. The quantitative estimate of drug-likeness (QED) is 0.653. The van der Waals surface area contributed by atoms with E-state index < -0.39 is 6.04 Å². The Morgan fingerprint density at radius 2 is 1.85 bits per heavy atom. The Morgan fingerprint density at radius 3 is 2.50 bits per heavy atom. The molecule has 0 aliphatic carbocycles. The van der Waals surface area contributed by atoms with Crippen LogP contribution in [0.15, 0.2) is 53.1 Å². The van der Waals surface area contributed by atoms with E-state index in [9.17, 15) is 4.79 Å². The molecule has 5 nitrogen and oxygen atoms in total. The molecule has 0 aliphatic heterocycles. The van der Waals surface area contributed by atoms with Gasteiger partial charge in [-0.3, -0.25) is 4.79 Å². The predicted octanol–water partition coefficient (Wildman–Crippen LogP) is 5.17. The van der Waals surface area contributed by atoms with Crippen LogP contribution in [0.3, 0.4) is 0 Å². The maximum Gasteiger partial charge on any atom is 0.253 e. The number of halogens is 2. The topological polar surface area (TPSA) is 68.0 Å². The molecule has 0 aliphatic rings. The normalized spacial score (nSPS) is 12.2. The molecule has 0 saturated carbocycles. The third kappa shape index (κ3) is 4.06. The summed E-state index contributed by atoms with van der Waals surface area (Å²) in [5.74, 6) is 0.529. The van der Waals surface area contributed by atoms with Crippen LogP contribution in [0.5, 0.6) is 0 Å². The van der Waals surface area contributed by atoms with Crippen LogP contribution < -0.4 is 5.32 Å². The van der Waals surface area contributed by atoms with Gasteiger partial charge in [0.2, 0.25) is 11.7 Å². The number of nitrogens with zero attached hydrogens (tertiary/aromatic N) is 2. The van der Waals surface area contributed by atoms with Gasteiger partial charge in [-0.1, -0.05) is 72.5 Å². The van der Waals surface area contributed by atoms with E-state index in [4.69, 9.17) is 27.7 Å². The summed E-state index contributed by atoms with van der Waals surface area (Å²) in [5, 5.41) is 7.68. The van der Waals surface area contributed by atoms with E-state index in [0.29, 0.717) is 22.3 Å². The third-order valence-corrected chi connectivity index (χ3v) is 4.42. The molecule has 1 amide bonds. The molecule has 1 N–H and O–H groups in total. The van der Waals surface area contributed by atoms with Gasteiger partial charge in [0.15, 0.2) is 0 Å². The van der Waals surface area contributed by atoms with Crippen LogP contribution in [0, 0.1) is 5.92 Å². The first-order valence-corrected chi connectivity index (χ1v) is 8.86. The molecular formula is C19H17Cl2N3O2. The van der Waals surface area contributed by atoms with Crippen molar-refractivity contribution in [3.05, 3.63) is 70.0 Å². The second-order valence-electron chi connectivity index (χ2n) is 6.14. The minimum absolute atomic E-state index is 0.0362. The first kappa shape index (κ1) is 18.4. The Balaban J connectivity index is 1.84. The maximum atomic E-state index is 12.6. The number of carbonyl (C=O) groups excluding carboxylic acids is 1. The zero-order chi connectivity index (χ0) is 18.7. The molecule has 3 rings (SSSR count). The van der Waals surface area contributed by atoms with E-state index in [-0.39, 0.29) is 16.8 Å². The van der Waals surface area contributed by atoms with Gasteiger partial charge in [0.25, 0.3) is 5.91 Å². The van der Waals surface area contributed by atoms with E-state index >= 15 is 0 Å². The van der Waals surface area contributed by atoms with Crippen LogP contribution in [0.1, 0.15) is 36.1 Å². The highest BCUT2D eigenvalue weighted by Gasteiger charge is 2.26. The summed E-state index contributed by atoms with van der Waals surface area (Å²) in [5.41, 5.74) is 1.18. The lowest BCUT2D eigenvalue weighted by Crippen LogP contribution is -2.32. The highest BCUT2D eigenvalue weighted by atomic mass is 35.5. The lowest BCUT2D eigenvalue weighted by molar-refractivity contribution is 0.0914. The fraction of sp³-hybridized carbons (Fsp3) is 0.211. The van der Waals surface area contributed by atoms with Crippen molar-refractivity contribution < 1.29 is 9.32 Å². The Hall–Kier alpha value is -2.37. The van der Waals surface area contributed by atoms with E-state index in [2.05, 4.69) is 15.5 Å².